The van der Waals surface area contributed by atoms with Crippen LogP contribution < -0.4 is 5.73 Å². The molecule has 0 fully saturated rings. The molecule has 0 saturated carbocycles. The van der Waals surface area contributed by atoms with Crippen LogP contribution in [-0.4, -0.2) is 5.78 Å². The van der Waals surface area contributed by atoms with E-state index in [1.54, 1.807) is 0 Å². The number of ether oxygens (including phenoxy) is 1. The minimum absolute atomic E-state index is 0.0171. The second-order valence-corrected chi connectivity index (χ2v) is 7.81. The van der Waals surface area contributed by atoms with Crippen LogP contribution >= 0.6 is 0 Å². The molecule has 0 aromatic heterocycles. The largest absolute Gasteiger partial charge is 0.444 e. The van der Waals surface area contributed by atoms with Crippen LogP contribution in [-0.2, 0) is 9.53 Å². The van der Waals surface area contributed by atoms with Gasteiger partial charge in [-0.3, -0.25) is 4.79 Å². The van der Waals surface area contributed by atoms with Gasteiger partial charge in [-0.05, 0) is 27.8 Å². The van der Waals surface area contributed by atoms with Gasteiger partial charge in [-0.25, -0.2) is 0 Å². The Hall–Kier alpha value is -3.84. The quantitative estimate of drug-likeness (QED) is 0.662. The third-order valence-corrected chi connectivity index (χ3v) is 6.04. The number of hydrogen-bond donors (Lipinski definition) is 1. The molecule has 5 rings (SSSR count). The molecule has 2 aliphatic rings. The Labute approximate surface area is 174 Å². The summed E-state index contributed by atoms with van der Waals surface area (Å²) < 4.78 is 5.85. The minimum atomic E-state index is -0.493. The third kappa shape index (κ3) is 2.96. The van der Waals surface area contributed by atoms with E-state index >= 15 is 0 Å². The van der Waals surface area contributed by atoms with Gasteiger partial charge in [-0.2, -0.15) is 5.26 Å². The van der Waals surface area contributed by atoms with Gasteiger partial charge in [-0.1, -0.05) is 72.8 Å². The molecule has 1 heterocycles. The third-order valence-electron chi connectivity index (χ3n) is 6.04. The van der Waals surface area contributed by atoms with Crippen molar-refractivity contribution in [2.75, 3.05) is 0 Å². The zero-order valence-corrected chi connectivity index (χ0v) is 16.3. The summed E-state index contributed by atoms with van der Waals surface area (Å²) in [5, 5.41) is 12.0. The lowest BCUT2D eigenvalue weighted by molar-refractivity contribution is -0.117. The maximum atomic E-state index is 13.3. The van der Waals surface area contributed by atoms with E-state index in [0.717, 1.165) is 21.9 Å². The summed E-state index contributed by atoms with van der Waals surface area (Å²) in [6, 6.07) is 26.3. The zero-order chi connectivity index (χ0) is 20.7. The first-order valence-corrected chi connectivity index (χ1v) is 10.0. The molecule has 30 heavy (non-hydrogen) atoms. The van der Waals surface area contributed by atoms with Crippen LogP contribution in [0.15, 0.2) is 95.6 Å². The minimum Gasteiger partial charge on any atom is -0.444 e. The molecular weight excluding hydrogens is 372 g/mol. The molecule has 0 bridgehead atoms. The first kappa shape index (κ1) is 18.2. The Kier molecular flexibility index (Phi) is 4.37. The van der Waals surface area contributed by atoms with Gasteiger partial charge < -0.3 is 10.5 Å². The van der Waals surface area contributed by atoms with E-state index in [4.69, 9.17) is 10.5 Å². The summed E-state index contributed by atoms with van der Waals surface area (Å²) in [5.74, 6) is 0.257. The van der Waals surface area contributed by atoms with Crippen molar-refractivity contribution in [3.63, 3.8) is 0 Å². The number of allylic oxidation sites excluding steroid dienone is 3. The number of hydrogen-bond acceptors (Lipinski definition) is 4. The summed E-state index contributed by atoms with van der Waals surface area (Å²) in [6.07, 6.45) is 0.990. The van der Waals surface area contributed by atoms with Gasteiger partial charge in [0.1, 0.15) is 17.4 Å². The fraction of sp³-hybridized carbons (Fsp3) is 0.154. The van der Waals surface area contributed by atoms with E-state index in [1.165, 1.54) is 0 Å². The van der Waals surface area contributed by atoms with Gasteiger partial charge in [0, 0.05) is 18.4 Å². The Balaban J connectivity index is 1.62. The lowest BCUT2D eigenvalue weighted by Crippen LogP contribution is -2.29. The van der Waals surface area contributed by atoms with Crippen LogP contribution in [0.2, 0.25) is 0 Å². The molecule has 1 aliphatic heterocycles. The molecule has 2 atom stereocenters. The monoisotopic (exact) mass is 392 g/mol. The van der Waals surface area contributed by atoms with Crippen molar-refractivity contribution in [2.24, 2.45) is 5.73 Å². The van der Waals surface area contributed by atoms with E-state index in [0.29, 0.717) is 29.7 Å². The molecule has 4 heteroatoms. The Bertz CT molecular complexity index is 1260. The molecule has 2 N–H and O–H groups in total. The summed E-state index contributed by atoms with van der Waals surface area (Å²) in [6.45, 7) is 0. The summed E-state index contributed by atoms with van der Waals surface area (Å²) >= 11 is 0. The van der Waals surface area contributed by atoms with Crippen molar-refractivity contribution in [1.29, 1.82) is 5.26 Å². The van der Waals surface area contributed by atoms with Gasteiger partial charge in [0.25, 0.3) is 0 Å². The number of ketones is 1. The van der Waals surface area contributed by atoms with E-state index in [1.807, 2.05) is 72.8 Å². The van der Waals surface area contributed by atoms with Crippen LogP contribution in [0.5, 0.6) is 0 Å². The van der Waals surface area contributed by atoms with Crippen molar-refractivity contribution in [3.8, 4) is 6.07 Å². The molecule has 146 valence electrons. The number of carbonyl (C=O) groups is 1. The number of nitriles is 1. The SMILES string of the molecule is N#CC1=C(N)OC2=C(C(=O)C[C@H](c3ccccc3)C2)[C@@H]1c1ccc2ccccc2c1. The second-order valence-electron chi connectivity index (χ2n) is 7.81. The molecule has 4 nitrogen and oxygen atoms in total. The van der Waals surface area contributed by atoms with Crippen LogP contribution in [0.25, 0.3) is 10.8 Å². The van der Waals surface area contributed by atoms with Crippen molar-refractivity contribution in [1.82, 2.24) is 0 Å². The Morgan fingerprint density at radius 3 is 2.40 bits per heavy atom. The first-order chi connectivity index (χ1) is 14.7. The summed E-state index contributed by atoms with van der Waals surface area (Å²) in [7, 11) is 0. The molecule has 0 saturated heterocycles. The van der Waals surface area contributed by atoms with E-state index < -0.39 is 5.92 Å². The Morgan fingerprint density at radius 2 is 1.63 bits per heavy atom. The molecule has 0 unspecified atom stereocenters. The van der Waals surface area contributed by atoms with Crippen molar-refractivity contribution < 1.29 is 9.53 Å². The fourth-order valence-electron chi connectivity index (χ4n) is 4.59. The van der Waals surface area contributed by atoms with Crippen molar-refractivity contribution in [2.45, 2.75) is 24.7 Å². The average molecular weight is 392 g/mol. The van der Waals surface area contributed by atoms with Gasteiger partial charge in [-0.15, -0.1) is 0 Å². The topological polar surface area (TPSA) is 76.1 Å². The predicted octanol–water partition coefficient (Wildman–Crippen LogP) is 5.05. The molecule has 1 aliphatic carbocycles. The van der Waals surface area contributed by atoms with Crippen LogP contribution in [0.4, 0.5) is 0 Å². The van der Waals surface area contributed by atoms with Gasteiger partial charge in [0.15, 0.2) is 5.78 Å². The lowest BCUT2D eigenvalue weighted by atomic mass is 9.73. The average Bonchev–Trinajstić information content (AvgIpc) is 2.78. The van der Waals surface area contributed by atoms with Crippen molar-refractivity contribution >= 4 is 16.6 Å². The van der Waals surface area contributed by atoms with Gasteiger partial charge in [0.2, 0.25) is 5.88 Å². The second kappa shape index (κ2) is 7.20. The number of nitrogens with two attached hydrogens (primary N) is 1. The number of Topliss-reactive ketones (excluding diaryl/α,β-unsaturated/α-hetero) is 1. The van der Waals surface area contributed by atoms with E-state index in [9.17, 15) is 10.1 Å². The number of rotatable bonds is 2. The summed E-state index contributed by atoms with van der Waals surface area (Å²) in [5.41, 5.74) is 9.02. The maximum absolute atomic E-state index is 13.3. The highest BCUT2D eigenvalue weighted by Gasteiger charge is 2.40. The fourth-order valence-corrected chi connectivity index (χ4v) is 4.59. The van der Waals surface area contributed by atoms with Gasteiger partial charge in [0.05, 0.1) is 5.92 Å². The molecule has 3 aromatic carbocycles. The molecule has 0 radical (unpaired) electrons. The number of benzene rings is 3. The van der Waals surface area contributed by atoms with Crippen LogP contribution in [0.3, 0.4) is 0 Å². The zero-order valence-electron chi connectivity index (χ0n) is 16.3. The molecule has 0 spiro atoms. The van der Waals surface area contributed by atoms with E-state index in [2.05, 4.69) is 6.07 Å². The van der Waals surface area contributed by atoms with Gasteiger partial charge >= 0.3 is 0 Å². The highest BCUT2D eigenvalue weighted by atomic mass is 16.5. The normalized spacial score (nSPS) is 21.2. The lowest BCUT2D eigenvalue weighted by Gasteiger charge is -2.34. The molecule has 3 aromatic rings. The highest BCUT2D eigenvalue weighted by molar-refractivity contribution is 6.00. The summed E-state index contributed by atoms with van der Waals surface area (Å²) in [4.78, 5) is 13.3. The number of nitrogens with zero attached hydrogens (tertiary/aromatic N) is 1. The van der Waals surface area contributed by atoms with Crippen LogP contribution in [0, 0.1) is 11.3 Å². The first-order valence-electron chi connectivity index (χ1n) is 10.0. The number of fused-ring (bicyclic) bond motifs is 1. The predicted molar refractivity (Wildman–Crippen MR) is 115 cm³/mol. The highest BCUT2D eigenvalue weighted by Crippen LogP contribution is 2.47. The molecular formula is C26H20N2O2. The Morgan fingerprint density at radius 1 is 0.900 bits per heavy atom. The van der Waals surface area contributed by atoms with Crippen molar-refractivity contribution in [3.05, 3.63) is 107 Å². The smallest absolute Gasteiger partial charge is 0.205 e. The molecule has 0 amide bonds. The van der Waals surface area contributed by atoms with Crippen LogP contribution in [0.1, 0.15) is 35.8 Å². The standard InChI is InChI=1S/C26H20N2O2/c27-15-21-24(19-11-10-17-8-4-5-9-18(17)12-19)25-22(29)13-20(14-23(25)30-26(21)28)16-6-2-1-3-7-16/h1-12,20,24H,13-14,28H2/t20-,24+/m0/s1. The van der Waals surface area contributed by atoms with E-state index in [-0.39, 0.29) is 17.6 Å². The maximum Gasteiger partial charge on any atom is 0.205 e. The number of carbonyl (C=O) groups excluding carboxylic acids is 1.